The van der Waals surface area contributed by atoms with E-state index in [1.807, 2.05) is 0 Å². The van der Waals surface area contributed by atoms with Crippen LogP contribution in [0.3, 0.4) is 0 Å². The zero-order valence-electron chi connectivity index (χ0n) is 15.1. The van der Waals surface area contributed by atoms with Gasteiger partial charge in [0.05, 0.1) is 0 Å². The zero-order chi connectivity index (χ0) is 16.5. The van der Waals surface area contributed by atoms with Crippen molar-refractivity contribution in [1.29, 1.82) is 0 Å². The van der Waals surface area contributed by atoms with Gasteiger partial charge in [0.2, 0.25) is 0 Å². The van der Waals surface area contributed by atoms with Crippen LogP contribution in [0.5, 0.6) is 0 Å². The summed E-state index contributed by atoms with van der Waals surface area (Å²) in [6.45, 7) is 11.8. The summed E-state index contributed by atoms with van der Waals surface area (Å²) >= 11 is 0. The predicted octanol–water partition coefficient (Wildman–Crippen LogP) is 5.68. The Bertz CT molecular complexity index is 453. The van der Waals surface area contributed by atoms with Gasteiger partial charge in [0.25, 0.3) is 0 Å². The number of aliphatic carboxylic acids is 1. The molecule has 0 spiro atoms. The van der Waals surface area contributed by atoms with Gasteiger partial charge in [-0.05, 0) is 74.0 Å². The maximum atomic E-state index is 10.9. The van der Waals surface area contributed by atoms with Crippen LogP contribution in [0.2, 0.25) is 0 Å². The molecule has 0 aromatic carbocycles. The van der Waals surface area contributed by atoms with Gasteiger partial charge in [-0.25, -0.2) is 0 Å². The van der Waals surface area contributed by atoms with Crippen molar-refractivity contribution in [3.8, 4) is 0 Å². The molecule has 2 rings (SSSR count). The Labute approximate surface area is 136 Å². The molecule has 2 aliphatic carbocycles. The standard InChI is InChI=1S/C20H34O2/c1-14(13-18(21)22)9-11-19(4)16(3)10-12-20(5)15(2)7-6-8-17(19)20/h7,14,16-17H,6,8-13H2,1-5H3,(H,21,22)/t14-,16-,17-,19+,20+/m1/s1. The van der Waals surface area contributed by atoms with E-state index in [0.717, 1.165) is 18.3 Å². The third-order valence-electron chi connectivity index (χ3n) is 7.29. The molecule has 0 aromatic heterocycles. The van der Waals surface area contributed by atoms with Crippen LogP contribution in [0.4, 0.5) is 0 Å². The molecule has 1 saturated carbocycles. The van der Waals surface area contributed by atoms with E-state index < -0.39 is 5.97 Å². The summed E-state index contributed by atoms with van der Waals surface area (Å²) in [6.07, 6.45) is 10.1. The molecule has 0 aromatic rings. The van der Waals surface area contributed by atoms with Crippen molar-refractivity contribution in [3.05, 3.63) is 11.6 Å². The first-order valence-electron chi connectivity index (χ1n) is 9.09. The lowest BCUT2D eigenvalue weighted by Crippen LogP contribution is -2.49. The molecule has 0 unspecified atom stereocenters. The maximum absolute atomic E-state index is 10.9. The Morgan fingerprint density at radius 1 is 1.41 bits per heavy atom. The average Bonchev–Trinajstić information content (AvgIpc) is 2.43. The number of carboxylic acids is 1. The first kappa shape index (κ1) is 17.6. The van der Waals surface area contributed by atoms with Crippen LogP contribution in [0, 0.1) is 28.6 Å². The van der Waals surface area contributed by atoms with E-state index in [1.165, 1.54) is 32.1 Å². The van der Waals surface area contributed by atoms with Gasteiger partial charge in [0.15, 0.2) is 0 Å². The highest BCUT2D eigenvalue weighted by Gasteiger charge is 2.52. The molecule has 22 heavy (non-hydrogen) atoms. The highest BCUT2D eigenvalue weighted by atomic mass is 16.4. The van der Waals surface area contributed by atoms with E-state index in [9.17, 15) is 4.79 Å². The number of fused-ring (bicyclic) bond motifs is 1. The Balaban J connectivity index is 2.15. The molecular formula is C20H34O2. The van der Waals surface area contributed by atoms with Gasteiger partial charge in [-0.1, -0.05) is 39.3 Å². The van der Waals surface area contributed by atoms with E-state index >= 15 is 0 Å². The van der Waals surface area contributed by atoms with Crippen LogP contribution in [0.25, 0.3) is 0 Å². The molecule has 1 N–H and O–H groups in total. The summed E-state index contributed by atoms with van der Waals surface area (Å²) in [6, 6.07) is 0. The summed E-state index contributed by atoms with van der Waals surface area (Å²) in [7, 11) is 0. The minimum atomic E-state index is -0.657. The smallest absolute Gasteiger partial charge is 0.303 e. The molecule has 0 radical (unpaired) electrons. The molecule has 2 heteroatoms. The molecule has 126 valence electrons. The number of hydrogen-bond donors (Lipinski definition) is 1. The first-order valence-corrected chi connectivity index (χ1v) is 9.09. The molecular weight excluding hydrogens is 272 g/mol. The largest absolute Gasteiger partial charge is 0.481 e. The van der Waals surface area contributed by atoms with Crippen LogP contribution in [-0.2, 0) is 4.79 Å². The Hall–Kier alpha value is -0.790. The summed E-state index contributed by atoms with van der Waals surface area (Å²) < 4.78 is 0. The highest BCUT2D eigenvalue weighted by Crippen LogP contribution is 2.61. The lowest BCUT2D eigenvalue weighted by atomic mass is 9.47. The van der Waals surface area contributed by atoms with E-state index in [-0.39, 0.29) is 5.92 Å². The Morgan fingerprint density at radius 2 is 2.09 bits per heavy atom. The predicted molar refractivity (Wildman–Crippen MR) is 91.7 cm³/mol. The summed E-state index contributed by atoms with van der Waals surface area (Å²) in [5.74, 6) is 1.13. The van der Waals surface area contributed by atoms with Crippen molar-refractivity contribution in [2.45, 2.75) is 79.6 Å². The van der Waals surface area contributed by atoms with Gasteiger partial charge in [-0.2, -0.15) is 0 Å². The number of allylic oxidation sites excluding steroid dienone is 2. The quantitative estimate of drug-likeness (QED) is 0.664. The van der Waals surface area contributed by atoms with Crippen molar-refractivity contribution < 1.29 is 9.90 Å². The topological polar surface area (TPSA) is 37.3 Å². The van der Waals surface area contributed by atoms with Crippen LogP contribution in [0.1, 0.15) is 79.6 Å². The summed E-state index contributed by atoms with van der Waals surface area (Å²) in [5.41, 5.74) is 2.32. The number of rotatable bonds is 5. The van der Waals surface area contributed by atoms with Crippen LogP contribution < -0.4 is 0 Å². The van der Waals surface area contributed by atoms with E-state index in [0.29, 0.717) is 17.3 Å². The molecule has 0 aliphatic heterocycles. The molecule has 2 aliphatic rings. The van der Waals surface area contributed by atoms with E-state index in [4.69, 9.17) is 5.11 Å². The average molecular weight is 306 g/mol. The summed E-state index contributed by atoms with van der Waals surface area (Å²) in [4.78, 5) is 10.9. The van der Waals surface area contributed by atoms with Crippen molar-refractivity contribution >= 4 is 5.97 Å². The molecule has 2 nitrogen and oxygen atoms in total. The van der Waals surface area contributed by atoms with Crippen molar-refractivity contribution in [2.24, 2.45) is 28.6 Å². The fourth-order valence-electron chi connectivity index (χ4n) is 5.29. The van der Waals surface area contributed by atoms with Crippen LogP contribution >= 0.6 is 0 Å². The van der Waals surface area contributed by atoms with Crippen molar-refractivity contribution in [1.82, 2.24) is 0 Å². The van der Waals surface area contributed by atoms with Gasteiger partial charge < -0.3 is 5.11 Å². The minimum absolute atomic E-state index is 0.287. The molecule has 0 heterocycles. The Kier molecular flexibility index (Phi) is 5.09. The minimum Gasteiger partial charge on any atom is -0.481 e. The molecule has 0 amide bonds. The van der Waals surface area contributed by atoms with Crippen molar-refractivity contribution in [2.75, 3.05) is 0 Å². The molecule has 0 saturated heterocycles. The third-order valence-corrected chi connectivity index (χ3v) is 7.29. The van der Waals surface area contributed by atoms with Gasteiger partial charge in [0, 0.05) is 6.42 Å². The van der Waals surface area contributed by atoms with Crippen LogP contribution in [0.15, 0.2) is 11.6 Å². The number of carbonyl (C=O) groups is 1. The van der Waals surface area contributed by atoms with Gasteiger partial charge >= 0.3 is 5.97 Å². The van der Waals surface area contributed by atoms with Crippen LogP contribution in [-0.4, -0.2) is 11.1 Å². The third kappa shape index (κ3) is 3.12. The molecule has 0 bridgehead atoms. The number of carboxylic acid groups (broad SMARTS) is 1. The second-order valence-corrected chi connectivity index (χ2v) is 8.62. The second-order valence-electron chi connectivity index (χ2n) is 8.62. The summed E-state index contributed by atoms with van der Waals surface area (Å²) in [5, 5.41) is 8.99. The lowest BCUT2D eigenvalue weighted by molar-refractivity contribution is -0.138. The number of hydrogen-bond acceptors (Lipinski definition) is 1. The SMILES string of the molecule is CC1=CCC[C@@H]2[C@@](C)(CC[C@@H](C)CC(=O)O)[C@H](C)CC[C@@]12C. The highest BCUT2D eigenvalue weighted by molar-refractivity contribution is 5.66. The normalized spacial score (nSPS) is 39.8. The van der Waals surface area contributed by atoms with Crippen molar-refractivity contribution in [3.63, 3.8) is 0 Å². The second kappa shape index (κ2) is 6.37. The molecule has 5 atom stereocenters. The molecule has 1 fully saturated rings. The van der Waals surface area contributed by atoms with E-state index in [2.05, 4.69) is 40.7 Å². The lowest BCUT2D eigenvalue weighted by Gasteiger charge is -2.58. The van der Waals surface area contributed by atoms with Gasteiger partial charge in [0.1, 0.15) is 0 Å². The fraction of sp³-hybridized carbons (Fsp3) is 0.850. The van der Waals surface area contributed by atoms with E-state index in [1.54, 1.807) is 5.57 Å². The zero-order valence-corrected chi connectivity index (χ0v) is 15.1. The monoisotopic (exact) mass is 306 g/mol. The Morgan fingerprint density at radius 3 is 2.73 bits per heavy atom. The van der Waals surface area contributed by atoms with Gasteiger partial charge in [-0.3, -0.25) is 4.79 Å². The maximum Gasteiger partial charge on any atom is 0.303 e. The first-order chi connectivity index (χ1) is 10.2. The fourth-order valence-corrected chi connectivity index (χ4v) is 5.29. The van der Waals surface area contributed by atoms with Gasteiger partial charge in [-0.15, -0.1) is 0 Å².